The molecule has 4 rings (SSSR count). The molecule has 6 nitrogen and oxygen atoms in total. The summed E-state index contributed by atoms with van der Waals surface area (Å²) in [5, 5.41) is 2.89. The Morgan fingerprint density at radius 1 is 1.03 bits per heavy atom. The maximum Gasteiger partial charge on any atom is 0.255 e. The summed E-state index contributed by atoms with van der Waals surface area (Å²) in [5.74, 6) is -0.236. The highest BCUT2D eigenvalue weighted by Crippen LogP contribution is 2.30. The molecule has 0 radical (unpaired) electrons. The Morgan fingerprint density at radius 3 is 2.59 bits per heavy atom. The zero-order valence-electron chi connectivity index (χ0n) is 17.9. The van der Waals surface area contributed by atoms with E-state index >= 15 is 0 Å². The van der Waals surface area contributed by atoms with Crippen molar-refractivity contribution < 1.29 is 19.2 Å². The van der Waals surface area contributed by atoms with Gasteiger partial charge in [0.1, 0.15) is 5.78 Å². The van der Waals surface area contributed by atoms with Crippen molar-refractivity contribution in [3.63, 3.8) is 0 Å². The van der Waals surface area contributed by atoms with Gasteiger partial charge in [-0.25, -0.2) is 0 Å². The quantitative estimate of drug-likeness (QED) is 0.659. The first kappa shape index (κ1) is 22.4. The number of fused-ring (bicyclic) bond motifs is 1. The van der Waals surface area contributed by atoms with E-state index in [0.29, 0.717) is 55.5 Å². The van der Waals surface area contributed by atoms with E-state index in [0.717, 1.165) is 22.0 Å². The first-order valence-electron chi connectivity index (χ1n) is 10.9. The van der Waals surface area contributed by atoms with Gasteiger partial charge in [0.25, 0.3) is 11.8 Å². The minimum absolute atomic E-state index is 0.0278. The van der Waals surface area contributed by atoms with E-state index in [1.807, 2.05) is 19.1 Å². The first-order valence-corrected chi connectivity index (χ1v) is 11.7. The van der Waals surface area contributed by atoms with Crippen LogP contribution in [0.2, 0.25) is 0 Å². The molecule has 166 valence electrons. The third kappa shape index (κ3) is 4.67. The molecule has 1 unspecified atom stereocenters. The number of ketones is 2. The second kappa shape index (κ2) is 9.36. The van der Waals surface area contributed by atoms with Crippen LogP contribution < -0.4 is 5.32 Å². The third-order valence-corrected chi connectivity index (χ3v) is 7.08. The van der Waals surface area contributed by atoms with Gasteiger partial charge in [-0.3, -0.25) is 19.2 Å². The fraction of sp³-hybridized carbons (Fsp3) is 0.360. The predicted molar refractivity (Wildman–Crippen MR) is 125 cm³/mol. The van der Waals surface area contributed by atoms with Crippen LogP contribution >= 0.6 is 15.9 Å². The van der Waals surface area contributed by atoms with Crippen molar-refractivity contribution in [2.75, 3.05) is 5.32 Å². The van der Waals surface area contributed by atoms with E-state index < -0.39 is 6.04 Å². The average molecular weight is 497 g/mol. The normalized spacial score (nSPS) is 19.2. The smallest absolute Gasteiger partial charge is 0.255 e. The standard InChI is InChI=1S/C25H25BrN2O4/c1-15-12-16(6-10-21(15)26)24(31)27-18-7-9-20-17(13-18)14-28(25(20)32)22-11-8-19(29)4-2-3-5-23(22)30/h6-7,9-10,12-13,22H,2-5,8,11,14H2,1H3,(H,27,31). The van der Waals surface area contributed by atoms with E-state index in [9.17, 15) is 19.2 Å². The Labute approximate surface area is 195 Å². The number of hydrogen-bond acceptors (Lipinski definition) is 4. The summed E-state index contributed by atoms with van der Waals surface area (Å²) in [5.41, 5.74) is 3.43. The van der Waals surface area contributed by atoms with Crippen LogP contribution in [-0.2, 0) is 16.1 Å². The molecule has 2 aromatic rings. The molecule has 7 heteroatoms. The monoisotopic (exact) mass is 496 g/mol. The average Bonchev–Trinajstić information content (AvgIpc) is 3.11. The van der Waals surface area contributed by atoms with Gasteiger partial charge in [0, 0.05) is 47.1 Å². The number of hydrogen-bond donors (Lipinski definition) is 1. The third-order valence-electron chi connectivity index (χ3n) is 6.19. The molecule has 1 saturated carbocycles. The summed E-state index contributed by atoms with van der Waals surface area (Å²) in [6, 6.07) is 10.0. The van der Waals surface area contributed by atoms with Gasteiger partial charge in [-0.1, -0.05) is 15.9 Å². The molecule has 1 N–H and O–H groups in total. The van der Waals surface area contributed by atoms with Gasteiger partial charge in [-0.2, -0.15) is 0 Å². The number of aryl methyl sites for hydroxylation is 1. The number of halogens is 1. The molecule has 0 aromatic heterocycles. The molecule has 2 aliphatic rings. The fourth-order valence-electron chi connectivity index (χ4n) is 4.36. The molecular weight excluding hydrogens is 472 g/mol. The van der Waals surface area contributed by atoms with Gasteiger partial charge < -0.3 is 10.2 Å². The lowest BCUT2D eigenvalue weighted by atomic mass is 10.0. The van der Waals surface area contributed by atoms with E-state index in [4.69, 9.17) is 0 Å². The number of rotatable bonds is 3. The number of Topliss-reactive ketones (excluding diaryl/α,β-unsaturated/α-hetero) is 2. The van der Waals surface area contributed by atoms with Crippen LogP contribution in [0.15, 0.2) is 40.9 Å². The molecule has 0 bridgehead atoms. The fourth-order valence-corrected chi connectivity index (χ4v) is 4.61. The molecule has 32 heavy (non-hydrogen) atoms. The Morgan fingerprint density at radius 2 is 1.81 bits per heavy atom. The molecule has 2 amide bonds. The minimum Gasteiger partial charge on any atom is -0.324 e. The summed E-state index contributed by atoms with van der Waals surface area (Å²) >= 11 is 3.43. The first-order chi connectivity index (χ1) is 15.3. The summed E-state index contributed by atoms with van der Waals surface area (Å²) < 4.78 is 0.936. The number of nitrogens with zero attached hydrogens (tertiary/aromatic N) is 1. The zero-order chi connectivity index (χ0) is 22.8. The number of anilines is 1. The molecular formula is C25H25BrN2O4. The lowest BCUT2D eigenvalue weighted by Gasteiger charge is -2.26. The topological polar surface area (TPSA) is 83.6 Å². The Hall–Kier alpha value is -2.80. The van der Waals surface area contributed by atoms with Gasteiger partial charge in [0.2, 0.25) is 0 Å². The van der Waals surface area contributed by atoms with Crippen LogP contribution in [0.25, 0.3) is 0 Å². The van der Waals surface area contributed by atoms with Crippen LogP contribution in [0.3, 0.4) is 0 Å². The number of amides is 2. The molecule has 1 fully saturated rings. The molecule has 1 heterocycles. The molecule has 0 spiro atoms. The van der Waals surface area contributed by atoms with Crippen LogP contribution in [0.1, 0.15) is 70.4 Å². The SMILES string of the molecule is Cc1cc(C(=O)Nc2ccc3c(c2)CN(C2CCC(=O)CCCCC2=O)C3=O)ccc1Br. The van der Waals surface area contributed by atoms with E-state index in [-0.39, 0.29) is 23.4 Å². The van der Waals surface area contributed by atoms with Crippen molar-refractivity contribution in [2.24, 2.45) is 0 Å². The second-order valence-corrected chi connectivity index (χ2v) is 9.34. The van der Waals surface area contributed by atoms with Crippen molar-refractivity contribution in [2.45, 2.75) is 58.0 Å². The summed E-state index contributed by atoms with van der Waals surface area (Å²) in [4.78, 5) is 52.0. The van der Waals surface area contributed by atoms with Crippen molar-refractivity contribution >= 4 is 45.0 Å². The summed E-state index contributed by atoms with van der Waals surface area (Å²) in [6.07, 6.45) is 3.02. The Kier molecular flexibility index (Phi) is 6.55. The highest BCUT2D eigenvalue weighted by molar-refractivity contribution is 9.10. The van der Waals surface area contributed by atoms with Gasteiger partial charge in [-0.15, -0.1) is 0 Å². The van der Waals surface area contributed by atoms with E-state index in [2.05, 4.69) is 21.2 Å². The number of benzene rings is 2. The summed E-state index contributed by atoms with van der Waals surface area (Å²) in [6.45, 7) is 2.22. The van der Waals surface area contributed by atoms with Crippen molar-refractivity contribution in [1.29, 1.82) is 0 Å². The predicted octanol–water partition coefficient (Wildman–Crippen LogP) is 4.83. The molecule has 2 aromatic carbocycles. The minimum atomic E-state index is -0.569. The highest BCUT2D eigenvalue weighted by atomic mass is 79.9. The van der Waals surface area contributed by atoms with E-state index in [1.54, 1.807) is 29.2 Å². The zero-order valence-corrected chi connectivity index (χ0v) is 19.5. The van der Waals surface area contributed by atoms with Crippen LogP contribution in [-0.4, -0.2) is 34.3 Å². The Bertz CT molecular complexity index is 1110. The highest BCUT2D eigenvalue weighted by Gasteiger charge is 2.36. The lowest BCUT2D eigenvalue weighted by Crippen LogP contribution is -2.41. The van der Waals surface area contributed by atoms with Crippen molar-refractivity contribution in [3.05, 3.63) is 63.1 Å². The Balaban J connectivity index is 1.51. The second-order valence-electron chi connectivity index (χ2n) is 8.49. The lowest BCUT2D eigenvalue weighted by molar-refractivity contribution is -0.124. The van der Waals surface area contributed by atoms with Crippen LogP contribution in [0.4, 0.5) is 5.69 Å². The molecule has 1 aliphatic heterocycles. The number of nitrogens with one attached hydrogen (secondary N) is 1. The molecule has 0 saturated heterocycles. The van der Waals surface area contributed by atoms with Crippen molar-refractivity contribution in [3.8, 4) is 0 Å². The van der Waals surface area contributed by atoms with Gasteiger partial charge in [0.15, 0.2) is 5.78 Å². The maximum absolute atomic E-state index is 13.0. The molecule has 1 atom stereocenters. The van der Waals surface area contributed by atoms with Crippen LogP contribution in [0, 0.1) is 6.92 Å². The van der Waals surface area contributed by atoms with E-state index in [1.165, 1.54) is 0 Å². The number of carbonyl (C=O) groups excluding carboxylic acids is 4. The summed E-state index contributed by atoms with van der Waals surface area (Å²) in [7, 11) is 0. The van der Waals surface area contributed by atoms with Gasteiger partial charge in [-0.05, 0) is 73.7 Å². The largest absolute Gasteiger partial charge is 0.324 e. The molecule has 1 aliphatic carbocycles. The van der Waals surface area contributed by atoms with Crippen molar-refractivity contribution in [1.82, 2.24) is 4.90 Å². The number of carbonyl (C=O) groups is 4. The maximum atomic E-state index is 13.0. The van der Waals surface area contributed by atoms with Gasteiger partial charge in [0.05, 0.1) is 6.04 Å². The van der Waals surface area contributed by atoms with Gasteiger partial charge >= 0.3 is 0 Å². The van der Waals surface area contributed by atoms with Crippen LogP contribution in [0.5, 0.6) is 0 Å².